The third kappa shape index (κ3) is 2.94. The lowest BCUT2D eigenvalue weighted by molar-refractivity contribution is -0.108. The topological polar surface area (TPSA) is 20.3 Å². The molecule has 1 fully saturated rings. The highest BCUT2D eigenvalue weighted by Crippen LogP contribution is 2.14. The number of rotatable bonds is 5. The third-order valence-corrected chi connectivity index (χ3v) is 2.71. The molecule has 2 heteroatoms. The summed E-state index contributed by atoms with van der Waals surface area (Å²) in [5.74, 6) is 0. The van der Waals surface area contributed by atoms with E-state index in [1.165, 1.54) is 32.4 Å². The van der Waals surface area contributed by atoms with Crippen molar-refractivity contribution in [1.29, 1.82) is 0 Å². The first-order valence-corrected chi connectivity index (χ1v) is 5.02. The summed E-state index contributed by atoms with van der Waals surface area (Å²) in [5, 5.41) is 0. The second-order valence-electron chi connectivity index (χ2n) is 3.69. The number of carbonyl (C=O) groups is 1. The maximum Gasteiger partial charge on any atom is 0.119 e. The van der Waals surface area contributed by atoms with Crippen molar-refractivity contribution >= 4 is 6.29 Å². The average Bonchev–Trinajstić information content (AvgIpc) is 2.56. The largest absolute Gasteiger partial charge is 0.303 e. The van der Waals surface area contributed by atoms with E-state index in [0.717, 1.165) is 19.1 Å². The molecule has 1 heterocycles. The number of hydrogen-bond acceptors (Lipinski definition) is 2. The van der Waals surface area contributed by atoms with E-state index in [1.54, 1.807) is 0 Å². The molecule has 12 heavy (non-hydrogen) atoms. The Morgan fingerprint density at radius 2 is 2.08 bits per heavy atom. The van der Waals surface area contributed by atoms with E-state index in [2.05, 4.69) is 11.8 Å². The maximum atomic E-state index is 10.1. The molecule has 0 spiro atoms. The second kappa shape index (κ2) is 5.31. The first-order chi connectivity index (χ1) is 5.84. The van der Waals surface area contributed by atoms with Crippen LogP contribution in [0.25, 0.3) is 0 Å². The van der Waals surface area contributed by atoms with Gasteiger partial charge in [-0.3, -0.25) is 0 Å². The number of carbonyl (C=O) groups excluding carboxylic acids is 1. The molecule has 0 N–H and O–H groups in total. The van der Waals surface area contributed by atoms with Crippen LogP contribution in [0, 0.1) is 0 Å². The minimum atomic E-state index is 0.687. The van der Waals surface area contributed by atoms with Crippen LogP contribution in [0.3, 0.4) is 0 Å². The highest BCUT2D eigenvalue weighted by Gasteiger charge is 2.16. The van der Waals surface area contributed by atoms with E-state index in [-0.39, 0.29) is 0 Å². The monoisotopic (exact) mass is 169 g/mol. The number of aldehydes is 1. The zero-order valence-electron chi connectivity index (χ0n) is 7.96. The van der Waals surface area contributed by atoms with E-state index in [4.69, 9.17) is 0 Å². The average molecular weight is 169 g/mol. The van der Waals surface area contributed by atoms with Gasteiger partial charge >= 0.3 is 0 Å². The summed E-state index contributed by atoms with van der Waals surface area (Å²) in [6.07, 6.45) is 6.71. The van der Waals surface area contributed by atoms with Crippen LogP contribution >= 0.6 is 0 Å². The van der Waals surface area contributed by atoms with Crippen molar-refractivity contribution in [3.8, 4) is 0 Å². The number of nitrogens with zero attached hydrogens (tertiary/aromatic N) is 1. The van der Waals surface area contributed by atoms with Crippen molar-refractivity contribution in [2.24, 2.45) is 0 Å². The summed E-state index contributed by atoms with van der Waals surface area (Å²) in [4.78, 5) is 12.6. The normalized spacial score (nSPS) is 21.1. The molecule has 70 valence electrons. The molecule has 1 rings (SSSR count). The van der Waals surface area contributed by atoms with Gasteiger partial charge in [-0.1, -0.05) is 0 Å². The lowest BCUT2D eigenvalue weighted by Gasteiger charge is -2.23. The van der Waals surface area contributed by atoms with Gasteiger partial charge in [0.05, 0.1) is 0 Å². The van der Waals surface area contributed by atoms with Crippen molar-refractivity contribution in [3.63, 3.8) is 0 Å². The molecule has 0 aliphatic carbocycles. The predicted molar refractivity (Wildman–Crippen MR) is 50.2 cm³/mol. The predicted octanol–water partition coefficient (Wildman–Crippen LogP) is 1.84. The van der Waals surface area contributed by atoms with Gasteiger partial charge in [-0.2, -0.15) is 0 Å². The van der Waals surface area contributed by atoms with Gasteiger partial charge in [-0.05, 0) is 45.7 Å². The molecule has 0 aromatic heterocycles. The van der Waals surface area contributed by atoms with E-state index < -0.39 is 0 Å². The molecule has 1 unspecified atom stereocenters. The fourth-order valence-corrected chi connectivity index (χ4v) is 1.86. The summed E-state index contributed by atoms with van der Waals surface area (Å²) in [6, 6.07) is 0.687. The number of likely N-dealkylation sites (tertiary alicyclic amines) is 1. The van der Waals surface area contributed by atoms with E-state index in [9.17, 15) is 4.79 Å². The lowest BCUT2D eigenvalue weighted by atomic mass is 10.1. The Bertz CT molecular complexity index is 130. The van der Waals surface area contributed by atoms with Crippen LogP contribution in [-0.2, 0) is 4.79 Å². The Morgan fingerprint density at radius 3 is 2.67 bits per heavy atom. The van der Waals surface area contributed by atoms with E-state index in [0.29, 0.717) is 6.04 Å². The van der Waals surface area contributed by atoms with Crippen LogP contribution in [-0.4, -0.2) is 30.3 Å². The highest BCUT2D eigenvalue weighted by atomic mass is 16.1. The Hall–Kier alpha value is -0.370. The van der Waals surface area contributed by atoms with Gasteiger partial charge in [0.2, 0.25) is 0 Å². The van der Waals surface area contributed by atoms with Crippen LogP contribution in [0.15, 0.2) is 0 Å². The molecule has 0 radical (unpaired) electrons. The molecular weight excluding hydrogens is 150 g/mol. The standard InChI is InChI=1S/C10H19NO/c1-10(6-2-5-9-12)11-7-3-4-8-11/h9-10H,2-8H2,1H3. The summed E-state index contributed by atoms with van der Waals surface area (Å²) < 4.78 is 0. The first kappa shape index (κ1) is 9.72. The minimum absolute atomic E-state index is 0.687. The summed E-state index contributed by atoms with van der Waals surface area (Å²) in [6.45, 7) is 4.81. The lowest BCUT2D eigenvalue weighted by Crippen LogP contribution is -2.29. The summed E-state index contributed by atoms with van der Waals surface area (Å²) >= 11 is 0. The van der Waals surface area contributed by atoms with Crippen molar-refractivity contribution < 1.29 is 4.79 Å². The molecule has 0 amide bonds. The van der Waals surface area contributed by atoms with Crippen LogP contribution in [0.5, 0.6) is 0 Å². The van der Waals surface area contributed by atoms with Crippen molar-refractivity contribution in [2.75, 3.05) is 13.1 Å². The van der Waals surface area contributed by atoms with Gasteiger partial charge in [-0.25, -0.2) is 0 Å². The zero-order valence-corrected chi connectivity index (χ0v) is 7.96. The first-order valence-electron chi connectivity index (χ1n) is 5.02. The molecular formula is C10H19NO. The van der Waals surface area contributed by atoms with Crippen molar-refractivity contribution in [1.82, 2.24) is 4.90 Å². The fraction of sp³-hybridized carbons (Fsp3) is 0.900. The quantitative estimate of drug-likeness (QED) is 0.462. The molecule has 0 aromatic carbocycles. The van der Waals surface area contributed by atoms with Crippen LogP contribution < -0.4 is 0 Å². The fourth-order valence-electron chi connectivity index (χ4n) is 1.86. The van der Waals surface area contributed by atoms with Gasteiger partial charge < -0.3 is 9.69 Å². The molecule has 0 saturated carbocycles. The zero-order chi connectivity index (χ0) is 8.81. The van der Waals surface area contributed by atoms with E-state index >= 15 is 0 Å². The number of hydrogen-bond donors (Lipinski definition) is 0. The van der Waals surface area contributed by atoms with Crippen molar-refractivity contribution in [2.45, 2.75) is 45.1 Å². The van der Waals surface area contributed by atoms with Crippen LogP contribution in [0.1, 0.15) is 39.0 Å². The molecule has 2 nitrogen and oxygen atoms in total. The van der Waals surface area contributed by atoms with Gasteiger partial charge in [-0.15, -0.1) is 0 Å². The summed E-state index contributed by atoms with van der Waals surface area (Å²) in [5.41, 5.74) is 0. The number of unbranched alkanes of at least 4 members (excludes halogenated alkanes) is 1. The SMILES string of the molecule is CC(CCCC=O)N1CCCC1. The van der Waals surface area contributed by atoms with Crippen molar-refractivity contribution in [3.05, 3.63) is 0 Å². The molecule has 0 bridgehead atoms. The smallest absolute Gasteiger partial charge is 0.119 e. The Kier molecular flexibility index (Phi) is 4.30. The van der Waals surface area contributed by atoms with Crippen LogP contribution in [0.2, 0.25) is 0 Å². The second-order valence-corrected chi connectivity index (χ2v) is 3.69. The molecule has 1 saturated heterocycles. The maximum absolute atomic E-state index is 10.1. The molecule has 1 aliphatic rings. The molecule has 1 aliphatic heterocycles. The Labute approximate surface area is 74.9 Å². The Morgan fingerprint density at radius 1 is 1.42 bits per heavy atom. The van der Waals surface area contributed by atoms with Gasteiger partial charge in [0.15, 0.2) is 0 Å². The minimum Gasteiger partial charge on any atom is -0.303 e. The van der Waals surface area contributed by atoms with E-state index in [1.807, 2.05) is 0 Å². The molecule has 0 aromatic rings. The Balaban J connectivity index is 2.09. The highest BCUT2D eigenvalue weighted by molar-refractivity contribution is 5.48. The summed E-state index contributed by atoms with van der Waals surface area (Å²) in [7, 11) is 0. The van der Waals surface area contributed by atoms with Crippen LogP contribution in [0.4, 0.5) is 0 Å². The van der Waals surface area contributed by atoms with Gasteiger partial charge in [0.25, 0.3) is 0 Å². The molecule has 1 atom stereocenters. The van der Waals surface area contributed by atoms with Gasteiger partial charge in [0, 0.05) is 12.5 Å². The third-order valence-electron chi connectivity index (χ3n) is 2.71. The van der Waals surface area contributed by atoms with Gasteiger partial charge in [0.1, 0.15) is 6.29 Å².